The van der Waals surface area contributed by atoms with Crippen LogP contribution < -0.4 is 5.14 Å². The minimum absolute atomic E-state index is 0.0265. The molecule has 1 rings (SSSR count). The Morgan fingerprint density at radius 1 is 1.50 bits per heavy atom. The van der Waals surface area contributed by atoms with Gasteiger partial charge in [-0.1, -0.05) is 12.1 Å². The van der Waals surface area contributed by atoms with Crippen LogP contribution in [0.4, 0.5) is 0 Å². The van der Waals surface area contributed by atoms with Gasteiger partial charge < -0.3 is 4.90 Å². The first-order valence-electron chi connectivity index (χ1n) is 5.21. The van der Waals surface area contributed by atoms with Gasteiger partial charge in [0, 0.05) is 7.05 Å². The number of carbonyl (C=O) groups excluding carboxylic acids is 1. The van der Waals surface area contributed by atoms with E-state index in [0.717, 1.165) is 0 Å². The highest BCUT2D eigenvalue weighted by Gasteiger charge is 2.18. The van der Waals surface area contributed by atoms with E-state index in [1.807, 2.05) is 0 Å². The first-order chi connectivity index (χ1) is 8.27. The number of nitrogens with two attached hydrogens (primary N) is 1. The summed E-state index contributed by atoms with van der Waals surface area (Å²) in [4.78, 5) is 12.9. The molecule has 7 heteroatoms. The first kappa shape index (κ1) is 14.9. The van der Waals surface area contributed by atoms with Gasteiger partial charge in [-0.3, -0.25) is 4.79 Å². The summed E-state index contributed by atoms with van der Waals surface area (Å²) in [7, 11) is -2.13. The topological polar surface area (TPSA) is 80.5 Å². The van der Waals surface area contributed by atoms with Crippen molar-refractivity contribution >= 4 is 27.5 Å². The van der Waals surface area contributed by atoms with Crippen molar-refractivity contribution in [2.45, 2.75) is 17.9 Å². The van der Waals surface area contributed by atoms with Gasteiger partial charge in [-0.15, -0.1) is 11.6 Å². The molecule has 0 radical (unpaired) electrons. The van der Waals surface area contributed by atoms with Crippen LogP contribution in [0.3, 0.4) is 0 Å². The SMILES string of the molecule is CC(c1cccc(S(N)(=O)=O)c1)N(C)C(=O)CCl. The highest BCUT2D eigenvalue weighted by Crippen LogP contribution is 2.21. The van der Waals surface area contributed by atoms with Crippen LogP contribution in [0.5, 0.6) is 0 Å². The lowest BCUT2D eigenvalue weighted by molar-refractivity contribution is -0.129. The molecule has 0 aliphatic heterocycles. The third-order valence-corrected chi connectivity index (χ3v) is 3.90. The molecule has 0 saturated carbocycles. The van der Waals surface area contributed by atoms with E-state index in [9.17, 15) is 13.2 Å². The van der Waals surface area contributed by atoms with Crippen molar-refractivity contribution in [2.75, 3.05) is 12.9 Å². The van der Waals surface area contributed by atoms with E-state index in [1.54, 1.807) is 26.1 Å². The zero-order valence-electron chi connectivity index (χ0n) is 10.1. The highest BCUT2D eigenvalue weighted by atomic mass is 35.5. The zero-order valence-corrected chi connectivity index (χ0v) is 11.7. The number of carbonyl (C=O) groups is 1. The molecule has 1 unspecified atom stereocenters. The van der Waals surface area contributed by atoms with E-state index in [-0.39, 0.29) is 22.7 Å². The Labute approximate surface area is 112 Å². The van der Waals surface area contributed by atoms with E-state index < -0.39 is 10.0 Å². The molecule has 1 aromatic rings. The summed E-state index contributed by atoms with van der Waals surface area (Å²) in [5, 5.41) is 5.06. The van der Waals surface area contributed by atoms with Crippen molar-refractivity contribution in [3.05, 3.63) is 29.8 Å². The van der Waals surface area contributed by atoms with E-state index in [2.05, 4.69) is 0 Å². The molecule has 0 aromatic heterocycles. The molecule has 2 N–H and O–H groups in total. The standard InChI is InChI=1S/C11H15ClN2O3S/c1-8(14(2)11(15)7-12)9-4-3-5-10(6-9)18(13,16)17/h3-6,8H,7H2,1-2H3,(H2,13,16,17). The molecule has 5 nitrogen and oxygen atoms in total. The summed E-state index contributed by atoms with van der Waals surface area (Å²) in [6.45, 7) is 1.78. The fraction of sp³-hybridized carbons (Fsp3) is 0.364. The lowest BCUT2D eigenvalue weighted by Crippen LogP contribution is -2.30. The summed E-state index contributed by atoms with van der Waals surface area (Å²) in [5.41, 5.74) is 0.683. The Balaban J connectivity index is 3.08. The number of primary sulfonamides is 1. The lowest BCUT2D eigenvalue weighted by atomic mass is 10.1. The molecule has 1 aromatic carbocycles. The number of alkyl halides is 1. The third kappa shape index (κ3) is 3.44. The van der Waals surface area contributed by atoms with Gasteiger partial charge in [0.1, 0.15) is 5.88 Å². The summed E-state index contributed by atoms with van der Waals surface area (Å²) in [6, 6.07) is 5.91. The number of hydrogen-bond acceptors (Lipinski definition) is 3. The molecule has 0 heterocycles. The Morgan fingerprint density at radius 2 is 2.11 bits per heavy atom. The molecule has 100 valence electrons. The quantitative estimate of drug-likeness (QED) is 0.843. The average molecular weight is 291 g/mol. The third-order valence-electron chi connectivity index (χ3n) is 2.76. The van der Waals surface area contributed by atoms with Crippen LogP contribution in [0.1, 0.15) is 18.5 Å². The van der Waals surface area contributed by atoms with E-state index in [4.69, 9.17) is 16.7 Å². The van der Waals surface area contributed by atoms with Gasteiger partial charge in [0.05, 0.1) is 10.9 Å². The van der Waals surface area contributed by atoms with Crippen LogP contribution in [0.15, 0.2) is 29.2 Å². The maximum Gasteiger partial charge on any atom is 0.238 e. The van der Waals surface area contributed by atoms with Crippen molar-refractivity contribution in [1.29, 1.82) is 0 Å². The van der Waals surface area contributed by atoms with Gasteiger partial charge >= 0.3 is 0 Å². The van der Waals surface area contributed by atoms with Crippen molar-refractivity contribution in [3.8, 4) is 0 Å². The minimum atomic E-state index is -3.74. The Kier molecular flexibility index (Phi) is 4.72. The summed E-state index contributed by atoms with van der Waals surface area (Å²) >= 11 is 5.48. The average Bonchev–Trinajstić information content (AvgIpc) is 2.35. The van der Waals surface area contributed by atoms with Gasteiger partial charge in [-0.25, -0.2) is 13.6 Å². The number of sulfonamides is 1. The number of benzene rings is 1. The van der Waals surface area contributed by atoms with Crippen LogP contribution in [-0.2, 0) is 14.8 Å². The normalized spacial score (nSPS) is 13.1. The summed E-state index contributed by atoms with van der Waals surface area (Å²) < 4.78 is 22.5. The molecule has 0 fully saturated rings. The Hall–Kier alpha value is -1.11. The van der Waals surface area contributed by atoms with Crippen molar-refractivity contribution in [2.24, 2.45) is 5.14 Å². The minimum Gasteiger partial charge on any atom is -0.338 e. The molecule has 0 saturated heterocycles. The second-order valence-corrected chi connectivity index (χ2v) is 5.76. The molecular weight excluding hydrogens is 276 g/mol. The number of nitrogens with zero attached hydrogens (tertiary/aromatic N) is 1. The molecule has 1 amide bonds. The smallest absolute Gasteiger partial charge is 0.238 e. The number of hydrogen-bond donors (Lipinski definition) is 1. The van der Waals surface area contributed by atoms with Gasteiger partial charge in [0.15, 0.2) is 0 Å². The summed E-state index contributed by atoms with van der Waals surface area (Å²) in [6.07, 6.45) is 0. The number of amides is 1. The molecule has 0 bridgehead atoms. The first-order valence-corrected chi connectivity index (χ1v) is 7.30. The second kappa shape index (κ2) is 5.69. The highest BCUT2D eigenvalue weighted by molar-refractivity contribution is 7.89. The molecular formula is C11H15ClN2O3S. The largest absolute Gasteiger partial charge is 0.338 e. The maximum absolute atomic E-state index is 11.5. The Bertz CT molecular complexity index is 545. The van der Waals surface area contributed by atoms with E-state index in [0.29, 0.717) is 5.56 Å². The second-order valence-electron chi connectivity index (χ2n) is 3.93. The van der Waals surface area contributed by atoms with Crippen molar-refractivity contribution < 1.29 is 13.2 Å². The van der Waals surface area contributed by atoms with Crippen LogP contribution in [-0.4, -0.2) is 32.2 Å². The number of halogens is 1. The van der Waals surface area contributed by atoms with Gasteiger partial charge in [-0.2, -0.15) is 0 Å². The monoisotopic (exact) mass is 290 g/mol. The van der Waals surface area contributed by atoms with Crippen LogP contribution in [0.25, 0.3) is 0 Å². The van der Waals surface area contributed by atoms with Crippen LogP contribution in [0.2, 0.25) is 0 Å². The van der Waals surface area contributed by atoms with Crippen molar-refractivity contribution in [1.82, 2.24) is 4.90 Å². The fourth-order valence-corrected chi connectivity index (χ4v) is 2.24. The number of rotatable bonds is 4. The van der Waals surface area contributed by atoms with Crippen LogP contribution >= 0.6 is 11.6 Å². The molecule has 1 atom stereocenters. The van der Waals surface area contributed by atoms with E-state index in [1.165, 1.54) is 17.0 Å². The zero-order chi connectivity index (χ0) is 13.9. The maximum atomic E-state index is 11.5. The molecule has 18 heavy (non-hydrogen) atoms. The predicted molar refractivity (Wildman–Crippen MR) is 69.7 cm³/mol. The fourth-order valence-electron chi connectivity index (χ4n) is 1.49. The molecule has 0 aliphatic carbocycles. The van der Waals surface area contributed by atoms with Gasteiger partial charge in [-0.05, 0) is 24.6 Å². The van der Waals surface area contributed by atoms with Gasteiger partial charge in [0.25, 0.3) is 0 Å². The molecule has 0 spiro atoms. The van der Waals surface area contributed by atoms with Crippen LogP contribution in [0, 0.1) is 0 Å². The van der Waals surface area contributed by atoms with Crippen molar-refractivity contribution in [3.63, 3.8) is 0 Å². The molecule has 0 aliphatic rings. The lowest BCUT2D eigenvalue weighted by Gasteiger charge is -2.24. The van der Waals surface area contributed by atoms with Gasteiger partial charge in [0.2, 0.25) is 15.9 Å². The Morgan fingerprint density at radius 3 is 2.61 bits per heavy atom. The summed E-state index contributed by atoms with van der Waals surface area (Å²) in [5.74, 6) is -0.347. The van der Waals surface area contributed by atoms with E-state index >= 15 is 0 Å². The predicted octanol–water partition coefficient (Wildman–Crippen LogP) is 1.09.